The van der Waals surface area contributed by atoms with Gasteiger partial charge in [-0.1, -0.05) is 23.7 Å². The van der Waals surface area contributed by atoms with Crippen LogP contribution in [0.15, 0.2) is 36.4 Å². The molecule has 3 nitrogen and oxygen atoms in total. The zero-order chi connectivity index (χ0) is 14.7. The number of ether oxygens (including phenoxy) is 2. The van der Waals surface area contributed by atoms with Gasteiger partial charge in [0.05, 0.1) is 18.2 Å². The fraction of sp³-hybridized carbons (Fsp3) is 0.250. The Morgan fingerprint density at radius 1 is 1.05 bits per heavy atom. The zero-order valence-electron chi connectivity index (χ0n) is 11.7. The number of aliphatic hydroxyl groups is 1. The average Bonchev–Trinajstić information content (AvgIpc) is 2.42. The third kappa shape index (κ3) is 3.24. The summed E-state index contributed by atoms with van der Waals surface area (Å²) in [5.74, 6) is 1.78. The van der Waals surface area contributed by atoms with Gasteiger partial charge < -0.3 is 14.6 Å². The maximum Gasteiger partial charge on any atom is 0.169 e. The van der Waals surface area contributed by atoms with Crippen LogP contribution in [0.2, 0.25) is 5.02 Å². The molecule has 0 saturated heterocycles. The van der Waals surface area contributed by atoms with Crippen molar-refractivity contribution >= 4 is 11.6 Å². The van der Waals surface area contributed by atoms with E-state index >= 15 is 0 Å². The second-order valence-electron chi connectivity index (χ2n) is 4.62. The molecular formula is C16H17ClO3. The fourth-order valence-electron chi connectivity index (χ4n) is 1.84. The van der Waals surface area contributed by atoms with Gasteiger partial charge in [-0.25, -0.2) is 0 Å². The molecule has 0 aliphatic carbocycles. The zero-order valence-corrected chi connectivity index (χ0v) is 12.4. The molecule has 0 bridgehead atoms. The summed E-state index contributed by atoms with van der Waals surface area (Å²) < 4.78 is 11.1. The quantitative estimate of drug-likeness (QED) is 0.901. The van der Waals surface area contributed by atoms with Gasteiger partial charge in [0.1, 0.15) is 5.75 Å². The lowest BCUT2D eigenvalue weighted by Gasteiger charge is -2.13. The largest absolute Gasteiger partial charge is 0.493 e. The summed E-state index contributed by atoms with van der Waals surface area (Å²) in [5, 5.41) is 9.97. The van der Waals surface area contributed by atoms with Crippen molar-refractivity contribution in [2.45, 2.75) is 20.0 Å². The summed E-state index contributed by atoms with van der Waals surface area (Å²) >= 11 is 6.17. The maximum absolute atomic E-state index is 9.52. The van der Waals surface area contributed by atoms with Gasteiger partial charge in [0, 0.05) is 0 Å². The van der Waals surface area contributed by atoms with Crippen molar-refractivity contribution in [2.24, 2.45) is 0 Å². The van der Waals surface area contributed by atoms with E-state index in [0.717, 1.165) is 11.1 Å². The smallest absolute Gasteiger partial charge is 0.169 e. The van der Waals surface area contributed by atoms with E-state index in [-0.39, 0.29) is 0 Å². The van der Waals surface area contributed by atoms with Gasteiger partial charge >= 0.3 is 0 Å². The number of aliphatic hydroxyl groups excluding tert-OH is 1. The van der Waals surface area contributed by atoms with Crippen molar-refractivity contribution in [1.82, 2.24) is 0 Å². The molecule has 0 fully saturated rings. The van der Waals surface area contributed by atoms with Crippen molar-refractivity contribution in [2.75, 3.05) is 7.11 Å². The molecule has 1 atom stereocenters. The van der Waals surface area contributed by atoms with Crippen LogP contribution in [0.3, 0.4) is 0 Å². The first-order valence-corrected chi connectivity index (χ1v) is 6.69. The second kappa shape index (κ2) is 6.16. The highest BCUT2D eigenvalue weighted by Gasteiger charge is 2.10. The molecule has 0 aliphatic rings. The third-order valence-corrected chi connectivity index (χ3v) is 3.27. The first-order chi connectivity index (χ1) is 9.51. The Hall–Kier alpha value is -1.71. The summed E-state index contributed by atoms with van der Waals surface area (Å²) in [4.78, 5) is 0. The molecule has 2 aromatic rings. The Kier molecular flexibility index (Phi) is 4.53. The molecule has 1 unspecified atom stereocenters. The van der Waals surface area contributed by atoms with Crippen LogP contribution in [-0.2, 0) is 0 Å². The Morgan fingerprint density at radius 3 is 2.35 bits per heavy atom. The van der Waals surface area contributed by atoms with E-state index in [0.29, 0.717) is 22.3 Å². The van der Waals surface area contributed by atoms with Gasteiger partial charge in [-0.15, -0.1) is 0 Å². The highest BCUT2D eigenvalue weighted by atomic mass is 35.5. The fourth-order valence-corrected chi connectivity index (χ4v) is 2.06. The monoisotopic (exact) mass is 292 g/mol. The molecule has 0 amide bonds. The van der Waals surface area contributed by atoms with Gasteiger partial charge in [-0.2, -0.15) is 0 Å². The second-order valence-corrected chi connectivity index (χ2v) is 5.03. The lowest BCUT2D eigenvalue weighted by atomic mass is 10.1. The van der Waals surface area contributed by atoms with Gasteiger partial charge in [-0.3, -0.25) is 0 Å². The molecule has 0 saturated carbocycles. The molecule has 0 radical (unpaired) electrons. The molecule has 0 aliphatic heterocycles. The number of halogens is 1. The highest BCUT2D eigenvalue weighted by Crippen LogP contribution is 2.36. The predicted octanol–water partition coefficient (Wildman–Crippen LogP) is 4.50. The van der Waals surface area contributed by atoms with E-state index in [2.05, 4.69) is 0 Å². The molecule has 2 aromatic carbocycles. The standard InChI is InChI=1S/C16H17ClO3/c1-10-4-6-15(16(8-10)19-3)20-14-7-5-12(11(2)18)9-13(14)17/h4-9,11,18H,1-3H3. The Bertz CT molecular complexity index is 609. The number of hydrogen-bond acceptors (Lipinski definition) is 3. The van der Waals surface area contributed by atoms with Crippen molar-refractivity contribution in [1.29, 1.82) is 0 Å². The summed E-state index contributed by atoms with van der Waals surface area (Å²) in [7, 11) is 1.60. The van der Waals surface area contributed by atoms with Crippen molar-refractivity contribution in [3.8, 4) is 17.2 Å². The first-order valence-electron chi connectivity index (χ1n) is 6.31. The van der Waals surface area contributed by atoms with E-state index in [1.807, 2.05) is 25.1 Å². The number of hydrogen-bond donors (Lipinski definition) is 1. The normalized spacial score (nSPS) is 12.1. The van der Waals surface area contributed by atoms with Crippen LogP contribution in [0.1, 0.15) is 24.2 Å². The minimum atomic E-state index is -0.560. The number of rotatable bonds is 4. The van der Waals surface area contributed by atoms with E-state index in [1.165, 1.54) is 0 Å². The highest BCUT2D eigenvalue weighted by molar-refractivity contribution is 6.32. The summed E-state index contributed by atoms with van der Waals surface area (Å²) in [6, 6.07) is 10.9. The van der Waals surface area contributed by atoms with E-state index < -0.39 is 6.10 Å². The molecule has 0 spiro atoms. The minimum Gasteiger partial charge on any atom is -0.493 e. The van der Waals surface area contributed by atoms with Crippen LogP contribution in [0, 0.1) is 6.92 Å². The lowest BCUT2D eigenvalue weighted by Crippen LogP contribution is -1.94. The van der Waals surface area contributed by atoms with Crippen LogP contribution in [0.4, 0.5) is 0 Å². The summed E-state index contributed by atoms with van der Waals surface area (Å²) in [6.45, 7) is 3.67. The van der Waals surface area contributed by atoms with E-state index in [4.69, 9.17) is 21.1 Å². The van der Waals surface area contributed by atoms with Crippen molar-refractivity contribution in [3.63, 3.8) is 0 Å². The van der Waals surface area contributed by atoms with Crippen LogP contribution in [0.25, 0.3) is 0 Å². The van der Waals surface area contributed by atoms with Gasteiger partial charge in [0.25, 0.3) is 0 Å². The third-order valence-electron chi connectivity index (χ3n) is 2.98. The van der Waals surface area contributed by atoms with E-state index in [9.17, 15) is 5.11 Å². The molecule has 2 rings (SSSR count). The van der Waals surface area contributed by atoms with Crippen molar-refractivity contribution in [3.05, 3.63) is 52.5 Å². The van der Waals surface area contributed by atoms with E-state index in [1.54, 1.807) is 32.2 Å². The van der Waals surface area contributed by atoms with Crippen LogP contribution < -0.4 is 9.47 Å². The van der Waals surface area contributed by atoms with Crippen LogP contribution in [0.5, 0.6) is 17.2 Å². The Labute approximate surface area is 123 Å². The molecule has 1 N–H and O–H groups in total. The SMILES string of the molecule is COc1cc(C)ccc1Oc1ccc(C(C)O)cc1Cl. The van der Waals surface area contributed by atoms with Crippen molar-refractivity contribution < 1.29 is 14.6 Å². The first kappa shape index (κ1) is 14.7. The molecule has 20 heavy (non-hydrogen) atoms. The molecule has 0 heterocycles. The number of aryl methyl sites for hydroxylation is 1. The molecule has 106 valence electrons. The summed E-state index contributed by atoms with van der Waals surface area (Å²) in [6.07, 6.45) is -0.560. The number of methoxy groups -OCH3 is 1. The molecule has 0 aromatic heterocycles. The minimum absolute atomic E-state index is 0.450. The predicted molar refractivity (Wildman–Crippen MR) is 79.9 cm³/mol. The average molecular weight is 293 g/mol. The van der Waals surface area contributed by atoms with Crippen LogP contribution in [-0.4, -0.2) is 12.2 Å². The Balaban J connectivity index is 2.30. The molecule has 4 heteroatoms. The maximum atomic E-state index is 9.52. The van der Waals surface area contributed by atoms with Gasteiger partial charge in [0.2, 0.25) is 0 Å². The summed E-state index contributed by atoms with van der Waals surface area (Å²) in [5.41, 5.74) is 1.84. The lowest BCUT2D eigenvalue weighted by molar-refractivity contribution is 0.199. The van der Waals surface area contributed by atoms with Gasteiger partial charge in [0.15, 0.2) is 11.5 Å². The Morgan fingerprint density at radius 2 is 1.75 bits per heavy atom. The van der Waals surface area contributed by atoms with Gasteiger partial charge in [-0.05, 0) is 49.2 Å². The topological polar surface area (TPSA) is 38.7 Å². The number of benzene rings is 2. The molecular weight excluding hydrogens is 276 g/mol. The van der Waals surface area contributed by atoms with Crippen LogP contribution >= 0.6 is 11.6 Å².